The van der Waals surface area contributed by atoms with E-state index in [-0.39, 0.29) is 10.8 Å². The normalized spacial score (nSPS) is 13.2. The molecule has 0 saturated heterocycles. The van der Waals surface area contributed by atoms with E-state index in [1.54, 1.807) is 13.3 Å². The van der Waals surface area contributed by atoms with E-state index in [0.717, 1.165) is 10.9 Å². The molecule has 6 heteroatoms. The molecule has 0 radical (unpaired) electrons. The lowest BCUT2D eigenvalue weighted by atomic mass is 9.90. The fourth-order valence-corrected chi connectivity index (χ4v) is 2.41. The van der Waals surface area contributed by atoms with Crippen LogP contribution in [0.3, 0.4) is 0 Å². The molecule has 102 valence electrons. The van der Waals surface area contributed by atoms with Gasteiger partial charge in [-0.15, -0.1) is 11.6 Å². The van der Waals surface area contributed by atoms with Gasteiger partial charge in [0, 0.05) is 6.54 Å². The van der Waals surface area contributed by atoms with Gasteiger partial charge in [-0.05, 0) is 27.8 Å². The summed E-state index contributed by atoms with van der Waals surface area (Å²) in [6, 6.07) is 0. The zero-order chi connectivity index (χ0) is 13.8. The van der Waals surface area contributed by atoms with Gasteiger partial charge in [-0.25, -0.2) is 4.98 Å². The minimum Gasteiger partial charge on any atom is -0.480 e. The molecule has 1 atom stereocenters. The molecule has 0 spiro atoms. The van der Waals surface area contributed by atoms with E-state index in [2.05, 4.69) is 52.0 Å². The van der Waals surface area contributed by atoms with Gasteiger partial charge in [0.2, 0.25) is 11.8 Å². The molecule has 1 aromatic heterocycles. The van der Waals surface area contributed by atoms with Gasteiger partial charge in [-0.3, -0.25) is 0 Å². The van der Waals surface area contributed by atoms with Crippen LogP contribution in [0.1, 0.15) is 27.2 Å². The Morgan fingerprint density at radius 3 is 2.72 bits per heavy atom. The number of nitrogens with zero attached hydrogens (tertiary/aromatic N) is 2. The second-order valence-electron chi connectivity index (χ2n) is 5.29. The van der Waals surface area contributed by atoms with Crippen LogP contribution in [0, 0.1) is 5.41 Å². The van der Waals surface area contributed by atoms with E-state index in [1.165, 1.54) is 0 Å². The van der Waals surface area contributed by atoms with Gasteiger partial charge in [0.1, 0.15) is 0 Å². The number of hydrogen-bond donors (Lipinski definition) is 1. The van der Waals surface area contributed by atoms with Crippen LogP contribution in [0.2, 0.25) is 0 Å². The van der Waals surface area contributed by atoms with E-state index in [1.807, 2.05) is 0 Å². The van der Waals surface area contributed by atoms with E-state index >= 15 is 0 Å². The first-order chi connectivity index (χ1) is 8.31. The second-order valence-corrected chi connectivity index (χ2v) is 6.77. The summed E-state index contributed by atoms with van der Waals surface area (Å²) in [5, 5.41) is 3.16. The lowest BCUT2D eigenvalue weighted by Gasteiger charge is -2.22. The van der Waals surface area contributed by atoms with Gasteiger partial charge in [0.25, 0.3) is 0 Å². The van der Waals surface area contributed by atoms with Crippen molar-refractivity contribution in [2.75, 3.05) is 19.0 Å². The molecular formula is C12H19BrClN3O. The molecule has 0 aliphatic rings. The topological polar surface area (TPSA) is 47.0 Å². The van der Waals surface area contributed by atoms with Gasteiger partial charge < -0.3 is 10.1 Å². The Balaban J connectivity index is 2.53. The van der Waals surface area contributed by atoms with Crippen molar-refractivity contribution >= 4 is 33.5 Å². The first-order valence-corrected chi connectivity index (χ1v) is 6.99. The maximum Gasteiger partial charge on any atom is 0.232 e. The molecule has 0 aliphatic carbocycles. The van der Waals surface area contributed by atoms with E-state index in [9.17, 15) is 0 Å². The highest BCUT2D eigenvalue weighted by Crippen LogP contribution is 2.24. The minimum atomic E-state index is 0.0447. The zero-order valence-electron chi connectivity index (χ0n) is 11.1. The summed E-state index contributed by atoms with van der Waals surface area (Å²) in [5.74, 6) is 1.03. The fraction of sp³-hybridized carbons (Fsp3) is 0.667. The molecular weight excluding hydrogens is 318 g/mol. The summed E-state index contributed by atoms with van der Waals surface area (Å²) in [7, 11) is 1.57. The Bertz CT molecular complexity index is 395. The molecule has 18 heavy (non-hydrogen) atoms. The summed E-state index contributed by atoms with van der Waals surface area (Å²) in [6.45, 7) is 7.13. The monoisotopic (exact) mass is 335 g/mol. The predicted molar refractivity (Wildman–Crippen MR) is 78.5 cm³/mol. The summed E-state index contributed by atoms with van der Waals surface area (Å²) in [6.07, 6.45) is 2.58. The SMILES string of the molecule is COc1nc(NCC(Cl)CC(C)(C)C)ncc1Br. The third-order valence-corrected chi connectivity index (χ3v) is 3.07. The number of ether oxygens (including phenoxy) is 1. The lowest BCUT2D eigenvalue weighted by molar-refractivity contribution is 0.373. The molecule has 0 fully saturated rings. The number of rotatable bonds is 5. The van der Waals surface area contributed by atoms with Crippen molar-refractivity contribution < 1.29 is 4.74 Å². The molecule has 0 amide bonds. The van der Waals surface area contributed by atoms with Crippen molar-refractivity contribution in [1.29, 1.82) is 0 Å². The molecule has 1 aromatic rings. The van der Waals surface area contributed by atoms with Crippen LogP contribution >= 0.6 is 27.5 Å². The fourth-order valence-electron chi connectivity index (χ4n) is 1.52. The van der Waals surface area contributed by atoms with Crippen molar-refractivity contribution in [3.05, 3.63) is 10.7 Å². The van der Waals surface area contributed by atoms with Gasteiger partial charge in [-0.1, -0.05) is 20.8 Å². The standard InChI is InChI=1S/C12H19BrClN3O/c1-12(2,3)5-8(14)6-15-11-16-7-9(13)10(17-11)18-4/h7-8H,5-6H2,1-4H3,(H,15,16,17). The maximum absolute atomic E-state index is 6.26. The van der Waals surface area contributed by atoms with Crippen LogP contribution in [-0.2, 0) is 0 Å². The molecule has 0 aromatic carbocycles. The molecule has 0 aliphatic heterocycles. The number of aromatic nitrogens is 2. The van der Waals surface area contributed by atoms with Crippen molar-refractivity contribution in [1.82, 2.24) is 9.97 Å². The Kier molecular flexibility index (Phi) is 5.66. The zero-order valence-corrected chi connectivity index (χ0v) is 13.5. The maximum atomic E-state index is 6.26. The highest BCUT2D eigenvalue weighted by molar-refractivity contribution is 9.10. The summed E-state index contributed by atoms with van der Waals surface area (Å²) in [5.41, 5.74) is 0.215. The Morgan fingerprint density at radius 1 is 1.50 bits per heavy atom. The minimum absolute atomic E-state index is 0.0447. The number of hydrogen-bond acceptors (Lipinski definition) is 4. The summed E-state index contributed by atoms with van der Waals surface area (Å²) < 4.78 is 5.83. The first kappa shape index (κ1) is 15.5. The second kappa shape index (κ2) is 6.57. The molecule has 4 nitrogen and oxygen atoms in total. The van der Waals surface area contributed by atoms with Gasteiger partial charge in [-0.2, -0.15) is 4.98 Å². The van der Waals surface area contributed by atoms with Crippen molar-refractivity contribution in [2.45, 2.75) is 32.6 Å². The smallest absolute Gasteiger partial charge is 0.232 e. The van der Waals surface area contributed by atoms with Crippen molar-refractivity contribution in [3.8, 4) is 5.88 Å². The summed E-state index contributed by atoms with van der Waals surface area (Å²) >= 11 is 9.57. The number of methoxy groups -OCH3 is 1. The summed E-state index contributed by atoms with van der Waals surface area (Å²) in [4.78, 5) is 8.36. The molecule has 1 N–H and O–H groups in total. The van der Waals surface area contributed by atoms with E-state index in [0.29, 0.717) is 18.4 Å². The molecule has 0 saturated carbocycles. The van der Waals surface area contributed by atoms with Crippen LogP contribution in [0.4, 0.5) is 5.95 Å². The van der Waals surface area contributed by atoms with E-state index < -0.39 is 0 Å². The van der Waals surface area contributed by atoms with E-state index in [4.69, 9.17) is 16.3 Å². The average molecular weight is 337 g/mol. The lowest BCUT2D eigenvalue weighted by Crippen LogP contribution is -2.21. The third kappa shape index (κ3) is 5.40. The Hall–Kier alpha value is -0.550. The predicted octanol–water partition coefficient (Wildman–Crippen LogP) is 3.70. The number of nitrogens with one attached hydrogen (secondary N) is 1. The first-order valence-electron chi connectivity index (χ1n) is 5.76. The molecule has 0 bridgehead atoms. The number of alkyl halides is 1. The molecule has 1 heterocycles. The largest absolute Gasteiger partial charge is 0.480 e. The van der Waals surface area contributed by atoms with Gasteiger partial charge in [0.05, 0.1) is 23.2 Å². The van der Waals surface area contributed by atoms with Gasteiger partial charge in [0.15, 0.2) is 0 Å². The highest BCUT2D eigenvalue weighted by atomic mass is 79.9. The number of halogens is 2. The van der Waals surface area contributed by atoms with Crippen LogP contribution in [-0.4, -0.2) is 29.0 Å². The Morgan fingerprint density at radius 2 is 2.17 bits per heavy atom. The average Bonchev–Trinajstić information content (AvgIpc) is 2.25. The van der Waals surface area contributed by atoms with Crippen LogP contribution < -0.4 is 10.1 Å². The quantitative estimate of drug-likeness (QED) is 0.833. The van der Waals surface area contributed by atoms with Crippen molar-refractivity contribution in [3.63, 3.8) is 0 Å². The van der Waals surface area contributed by atoms with Crippen LogP contribution in [0.15, 0.2) is 10.7 Å². The number of anilines is 1. The highest BCUT2D eigenvalue weighted by Gasteiger charge is 2.17. The third-order valence-electron chi connectivity index (χ3n) is 2.22. The Labute approximate surface area is 122 Å². The molecule has 1 rings (SSSR count). The van der Waals surface area contributed by atoms with Crippen LogP contribution in [0.5, 0.6) is 5.88 Å². The van der Waals surface area contributed by atoms with Gasteiger partial charge >= 0.3 is 0 Å². The van der Waals surface area contributed by atoms with Crippen molar-refractivity contribution in [2.24, 2.45) is 5.41 Å². The van der Waals surface area contributed by atoms with Crippen LogP contribution in [0.25, 0.3) is 0 Å². The molecule has 1 unspecified atom stereocenters.